The molecule has 0 aromatic heterocycles. The quantitative estimate of drug-likeness (QED) is 0.638. The minimum Gasteiger partial charge on any atom is -0.121 e. The van der Waals surface area contributed by atoms with Gasteiger partial charge in [0, 0.05) is 4.47 Å². The first-order valence-electron chi connectivity index (χ1n) is 4.88. The highest BCUT2D eigenvalue weighted by Gasteiger charge is 2.19. The molecule has 5 heteroatoms. The number of thioether (sulfide) groups is 4. The lowest BCUT2D eigenvalue weighted by Gasteiger charge is -1.98. The molecule has 17 heavy (non-hydrogen) atoms. The van der Waals surface area contributed by atoms with Gasteiger partial charge in [0.1, 0.15) is 0 Å². The lowest BCUT2D eigenvalue weighted by molar-refractivity contribution is 1.61. The highest BCUT2D eigenvalue weighted by molar-refractivity contribution is 9.10. The van der Waals surface area contributed by atoms with Crippen molar-refractivity contribution in [3.05, 3.63) is 47.0 Å². The molecular formula is C12H11BrS4. The standard InChI is InChI=1S/C12H11BrS4/c1-14-11-12(15-2)17-10(16-11)7-8-4-3-5-9(13)6-8/h3-7H,1-2H3. The maximum Gasteiger partial charge on any atom is 0.0657 e. The van der Waals surface area contributed by atoms with Crippen LogP contribution in [0.1, 0.15) is 5.56 Å². The molecule has 0 N–H and O–H groups in total. The Labute approximate surface area is 128 Å². The van der Waals surface area contributed by atoms with Gasteiger partial charge in [0.2, 0.25) is 0 Å². The molecule has 90 valence electrons. The van der Waals surface area contributed by atoms with Crippen molar-refractivity contribution in [2.75, 3.05) is 12.5 Å². The van der Waals surface area contributed by atoms with Crippen LogP contribution in [0.15, 0.2) is 41.4 Å². The highest BCUT2D eigenvalue weighted by Crippen LogP contribution is 2.56. The molecule has 0 bridgehead atoms. The Kier molecular flexibility index (Phi) is 5.49. The van der Waals surface area contributed by atoms with Crippen molar-refractivity contribution < 1.29 is 0 Å². The summed E-state index contributed by atoms with van der Waals surface area (Å²) in [5, 5.41) is 0. The molecule has 0 nitrogen and oxygen atoms in total. The first-order chi connectivity index (χ1) is 8.22. The van der Waals surface area contributed by atoms with Crippen LogP contribution in [-0.4, -0.2) is 12.5 Å². The van der Waals surface area contributed by atoms with E-state index in [2.05, 4.69) is 58.8 Å². The van der Waals surface area contributed by atoms with Crippen molar-refractivity contribution in [3.8, 4) is 0 Å². The number of benzene rings is 1. The van der Waals surface area contributed by atoms with Crippen molar-refractivity contribution in [2.24, 2.45) is 0 Å². The minimum absolute atomic E-state index is 1.13. The smallest absolute Gasteiger partial charge is 0.0657 e. The lowest BCUT2D eigenvalue weighted by Crippen LogP contribution is -1.72. The molecule has 1 aromatic carbocycles. The maximum atomic E-state index is 3.50. The first kappa shape index (κ1) is 14.0. The largest absolute Gasteiger partial charge is 0.121 e. The Morgan fingerprint density at radius 1 is 1.12 bits per heavy atom. The van der Waals surface area contributed by atoms with E-state index in [1.165, 1.54) is 18.3 Å². The summed E-state index contributed by atoms with van der Waals surface area (Å²) in [6, 6.07) is 8.40. The van der Waals surface area contributed by atoms with E-state index in [0.29, 0.717) is 0 Å². The Bertz CT molecular complexity index is 461. The molecule has 0 fully saturated rings. The Balaban J connectivity index is 2.17. The molecule has 1 heterocycles. The fourth-order valence-electron chi connectivity index (χ4n) is 1.33. The van der Waals surface area contributed by atoms with Gasteiger partial charge in [-0.05, 0) is 36.3 Å². The summed E-state index contributed by atoms with van der Waals surface area (Å²) in [6.45, 7) is 0. The average molecular weight is 363 g/mol. The molecule has 0 amide bonds. The summed E-state index contributed by atoms with van der Waals surface area (Å²) < 4.78 is 5.33. The van der Waals surface area contributed by atoms with E-state index in [-0.39, 0.29) is 0 Å². The number of hydrogen-bond acceptors (Lipinski definition) is 4. The average Bonchev–Trinajstić information content (AvgIpc) is 2.71. The molecule has 0 saturated carbocycles. The number of rotatable bonds is 3. The molecule has 0 spiro atoms. The van der Waals surface area contributed by atoms with Crippen molar-refractivity contribution in [1.29, 1.82) is 0 Å². The van der Waals surface area contributed by atoms with Crippen LogP contribution in [0.5, 0.6) is 0 Å². The molecular weight excluding hydrogens is 352 g/mol. The first-order valence-corrected chi connectivity index (χ1v) is 9.75. The molecule has 1 aliphatic rings. The molecule has 2 rings (SSSR count). The van der Waals surface area contributed by atoms with Gasteiger partial charge in [-0.15, -0.1) is 23.5 Å². The van der Waals surface area contributed by atoms with Crippen LogP contribution in [0.3, 0.4) is 0 Å². The fourth-order valence-corrected chi connectivity index (χ4v) is 6.69. The van der Waals surface area contributed by atoms with Gasteiger partial charge in [-0.3, -0.25) is 0 Å². The van der Waals surface area contributed by atoms with Crippen LogP contribution < -0.4 is 0 Å². The van der Waals surface area contributed by atoms with E-state index in [9.17, 15) is 0 Å². The second kappa shape index (κ2) is 6.66. The summed E-state index contributed by atoms with van der Waals surface area (Å²) in [5.74, 6) is 0. The van der Waals surface area contributed by atoms with Gasteiger partial charge in [0.15, 0.2) is 0 Å². The topological polar surface area (TPSA) is 0 Å². The van der Waals surface area contributed by atoms with Crippen LogP contribution in [0, 0.1) is 0 Å². The van der Waals surface area contributed by atoms with Crippen molar-refractivity contribution in [2.45, 2.75) is 0 Å². The summed E-state index contributed by atoms with van der Waals surface area (Å²) in [4.78, 5) is 0. The molecule has 1 aliphatic heterocycles. The predicted octanol–water partition coefficient (Wildman–Crippen LogP) is 6.08. The van der Waals surface area contributed by atoms with Crippen molar-refractivity contribution in [3.63, 3.8) is 0 Å². The maximum absolute atomic E-state index is 3.50. The van der Waals surface area contributed by atoms with Crippen LogP contribution >= 0.6 is 63.0 Å². The summed E-state index contributed by atoms with van der Waals surface area (Å²) in [7, 11) is 0. The van der Waals surface area contributed by atoms with Gasteiger partial charge in [0.05, 0.1) is 12.7 Å². The van der Waals surface area contributed by atoms with Gasteiger partial charge >= 0.3 is 0 Å². The van der Waals surface area contributed by atoms with Gasteiger partial charge in [0.25, 0.3) is 0 Å². The summed E-state index contributed by atoms with van der Waals surface area (Å²) in [6.07, 6.45) is 6.53. The Morgan fingerprint density at radius 3 is 2.29 bits per heavy atom. The number of halogens is 1. The number of hydrogen-bond donors (Lipinski definition) is 0. The van der Waals surface area contributed by atoms with E-state index >= 15 is 0 Å². The summed E-state index contributed by atoms with van der Waals surface area (Å²) >= 11 is 10.9. The molecule has 0 radical (unpaired) electrons. The molecule has 1 aromatic rings. The SMILES string of the molecule is CSC1=C(SC)SC(=Cc2cccc(Br)c2)S1. The monoisotopic (exact) mass is 362 g/mol. The second-order valence-electron chi connectivity index (χ2n) is 3.21. The van der Waals surface area contributed by atoms with E-state index in [1.54, 1.807) is 0 Å². The van der Waals surface area contributed by atoms with Gasteiger partial charge in [-0.1, -0.05) is 51.6 Å². The molecule has 0 unspecified atom stereocenters. The minimum atomic E-state index is 1.13. The Morgan fingerprint density at radius 2 is 1.76 bits per heavy atom. The van der Waals surface area contributed by atoms with E-state index in [0.717, 1.165) is 4.47 Å². The second-order valence-corrected chi connectivity index (χ2v) is 8.63. The van der Waals surface area contributed by atoms with E-state index in [4.69, 9.17) is 0 Å². The van der Waals surface area contributed by atoms with Gasteiger partial charge in [-0.25, -0.2) is 0 Å². The van der Waals surface area contributed by atoms with Gasteiger partial charge < -0.3 is 0 Å². The van der Waals surface area contributed by atoms with Crippen molar-refractivity contribution in [1.82, 2.24) is 0 Å². The predicted molar refractivity (Wildman–Crippen MR) is 91.4 cm³/mol. The third-order valence-corrected chi connectivity index (χ3v) is 7.63. The molecule has 0 aliphatic carbocycles. The summed E-state index contributed by atoms with van der Waals surface area (Å²) in [5.41, 5.74) is 1.25. The zero-order chi connectivity index (χ0) is 12.3. The third-order valence-electron chi connectivity index (χ3n) is 2.06. The van der Waals surface area contributed by atoms with Crippen molar-refractivity contribution >= 4 is 69.1 Å². The van der Waals surface area contributed by atoms with Crippen LogP contribution in [-0.2, 0) is 0 Å². The zero-order valence-electron chi connectivity index (χ0n) is 9.40. The van der Waals surface area contributed by atoms with E-state index < -0.39 is 0 Å². The Hall–Kier alpha value is 0.580. The third kappa shape index (κ3) is 3.77. The zero-order valence-corrected chi connectivity index (χ0v) is 14.2. The lowest BCUT2D eigenvalue weighted by atomic mass is 10.2. The highest BCUT2D eigenvalue weighted by atomic mass is 79.9. The van der Waals surface area contributed by atoms with E-state index in [1.807, 2.05) is 47.0 Å². The van der Waals surface area contributed by atoms with Crippen LogP contribution in [0.4, 0.5) is 0 Å². The van der Waals surface area contributed by atoms with Crippen LogP contribution in [0.2, 0.25) is 0 Å². The molecule has 0 atom stereocenters. The van der Waals surface area contributed by atoms with Crippen LogP contribution in [0.25, 0.3) is 6.08 Å². The van der Waals surface area contributed by atoms with Gasteiger partial charge in [-0.2, -0.15) is 0 Å². The fraction of sp³-hybridized carbons (Fsp3) is 0.167. The normalized spacial score (nSPS) is 15.6. The molecule has 0 saturated heterocycles.